The lowest BCUT2D eigenvalue weighted by Gasteiger charge is -2.16. The van der Waals surface area contributed by atoms with E-state index in [-0.39, 0.29) is 30.0 Å². The Morgan fingerprint density at radius 2 is 2.00 bits per heavy atom. The van der Waals surface area contributed by atoms with Crippen LogP contribution < -0.4 is 10.6 Å². The van der Waals surface area contributed by atoms with E-state index < -0.39 is 0 Å². The number of aryl methyl sites for hydroxylation is 1. The number of imidazole rings is 1. The lowest BCUT2D eigenvalue weighted by molar-refractivity contribution is 0.441. The van der Waals surface area contributed by atoms with Gasteiger partial charge in [0.15, 0.2) is 5.96 Å². The third-order valence-corrected chi connectivity index (χ3v) is 4.26. The number of hydrogen-bond donors (Lipinski definition) is 2. The van der Waals surface area contributed by atoms with Crippen molar-refractivity contribution in [2.45, 2.75) is 39.9 Å². The van der Waals surface area contributed by atoms with Gasteiger partial charge in [-0.25, -0.2) is 9.98 Å². The number of nitrogens with zero attached hydrogens (tertiary/aromatic N) is 3. The molecule has 0 saturated heterocycles. The predicted molar refractivity (Wildman–Crippen MR) is 123 cm³/mol. The summed E-state index contributed by atoms with van der Waals surface area (Å²) < 4.78 is 7.83. The molecule has 0 spiro atoms. The largest absolute Gasteiger partial charge is 0.464 e. The second-order valence-electron chi connectivity index (χ2n) is 6.47. The molecule has 2 aromatic heterocycles. The van der Waals surface area contributed by atoms with Crippen molar-refractivity contribution in [3.63, 3.8) is 0 Å². The zero-order valence-corrected chi connectivity index (χ0v) is 18.9. The highest BCUT2D eigenvalue weighted by Gasteiger charge is 2.11. The molecular weight excluding hydrogens is 465 g/mol. The number of guanidine groups is 1. The molecule has 1 atom stereocenters. The second-order valence-corrected chi connectivity index (χ2v) is 6.47. The molecule has 7 heteroatoms. The summed E-state index contributed by atoms with van der Waals surface area (Å²) in [6.45, 7) is 8.13. The molecule has 0 aliphatic rings. The molecule has 3 aromatic rings. The van der Waals surface area contributed by atoms with Gasteiger partial charge in [-0.05, 0) is 38.5 Å². The van der Waals surface area contributed by atoms with Gasteiger partial charge in [-0.1, -0.05) is 30.3 Å². The molecule has 0 fully saturated rings. The first-order valence-electron chi connectivity index (χ1n) is 9.31. The van der Waals surface area contributed by atoms with Crippen molar-refractivity contribution in [3.8, 4) is 0 Å². The highest BCUT2D eigenvalue weighted by molar-refractivity contribution is 14.0. The highest BCUT2D eigenvalue weighted by Crippen LogP contribution is 2.15. The minimum atomic E-state index is 0. The van der Waals surface area contributed by atoms with Crippen LogP contribution in [-0.4, -0.2) is 22.1 Å². The first-order chi connectivity index (χ1) is 13.2. The first-order valence-corrected chi connectivity index (χ1v) is 9.31. The molecule has 1 unspecified atom stereocenters. The number of furan rings is 1. The summed E-state index contributed by atoms with van der Waals surface area (Å²) in [5.41, 5.74) is 1.24. The topological polar surface area (TPSA) is 67.4 Å². The standard InChI is InChI=1S/C21H27N5O.HI/c1-4-22-21(25-17(3)19-11-10-16(2)27-19)24-14-20-23-12-13-26(20)15-18-8-6-5-7-9-18;/h5-13,17H,4,14-15H2,1-3H3,(H2,22,24,25);1H. The van der Waals surface area contributed by atoms with Crippen molar-refractivity contribution in [2.75, 3.05) is 6.54 Å². The Hall–Kier alpha value is -2.29. The smallest absolute Gasteiger partial charge is 0.192 e. The fraction of sp³-hybridized carbons (Fsp3) is 0.333. The Bertz CT molecular complexity index is 872. The lowest BCUT2D eigenvalue weighted by atomic mass is 10.2. The zero-order valence-electron chi connectivity index (χ0n) is 16.6. The predicted octanol–water partition coefficient (Wildman–Crippen LogP) is 4.27. The molecule has 0 bridgehead atoms. The van der Waals surface area contributed by atoms with E-state index in [2.05, 4.69) is 58.3 Å². The van der Waals surface area contributed by atoms with Crippen LogP contribution in [0.25, 0.3) is 0 Å². The maximum atomic E-state index is 5.70. The zero-order chi connectivity index (χ0) is 19.1. The van der Waals surface area contributed by atoms with Crippen LogP contribution in [0.15, 0.2) is 64.3 Å². The Kier molecular flexibility index (Phi) is 8.56. The maximum Gasteiger partial charge on any atom is 0.192 e. The summed E-state index contributed by atoms with van der Waals surface area (Å²) >= 11 is 0. The van der Waals surface area contributed by atoms with Crippen LogP contribution in [0.5, 0.6) is 0 Å². The van der Waals surface area contributed by atoms with Crippen molar-refractivity contribution in [2.24, 2.45) is 4.99 Å². The number of rotatable bonds is 7. The third kappa shape index (κ3) is 6.12. The van der Waals surface area contributed by atoms with Gasteiger partial charge in [-0.2, -0.15) is 0 Å². The summed E-state index contributed by atoms with van der Waals surface area (Å²) in [6, 6.07) is 14.3. The molecule has 1 aromatic carbocycles. The lowest BCUT2D eigenvalue weighted by Crippen LogP contribution is -2.38. The minimum absolute atomic E-state index is 0. The average Bonchev–Trinajstić information content (AvgIpc) is 3.29. The molecule has 0 saturated carbocycles. The van der Waals surface area contributed by atoms with Crippen LogP contribution in [0.4, 0.5) is 0 Å². The highest BCUT2D eigenvalue weighted by atomic mass is 127. The van der Waals surface area contributed by atoms with E-state index in [0.717, 1.165) is 36.4 Å². The van der Waals surface area contributed by atoms with Crippen molar-refractivity contribution >= 4 is 29.9 Å². The van der Waals surface area contributed by atoms with E-state index in [0.29, 0.717) is 6.54 Å². The van der Waals surface area contributed by atoms with Gasteiger partial charge in [0.25, 0.3) is 0 Å². The van der Waals surface area contributed by atoms with Crippen molar-refractivity contribution in [1.29, 1.82) is 0 Å². The average molecular weight is 493 g/mol. The second kappa shape index (κ2) is 10.9. The van der Waals surface area contributed by atoms with Crippen LogP contribution in [0.3, 0.4) is 0 Å². The van der Waals surface area contributed by atoms with E-state index in [9.17, 15) is 0 Å². The Morgan fingerprint density at radius 1 is 1.21 bits per heavy atom. The Labute approximate surface area is 183 Å². The molecule has 0 aliphatic carbocycles. The van der Waals surface area contributed by atoms with Gasteiger partial charge in [0.05, 0.1) is 6.04 Å². The van der Waals surface area contributed by atoms with Gasteiger partial charge in [0, 0.05) is 25.5 Å². The molecule has 0 aliphatic heterocycles. The summed E-state index contributed by atoms with van der Waals surface area (Å²) in [5.74, 6) is 3.47. The van der Waals surface area contributed by atoms with Crippen LogP contribution in [-0.2, 0) is 13.1 Å². The van der Waals surface area contributed by atoms with Crippen molar-refractivity contribution in [1.82, 2.24) is 20.2 Å². The van der Waals surface area contributed by atoms with Gasteiger partial charge in [0.2, 0.25) is 0 Å². The third-order valence-electron chi connectivity index (χ3n) is 4.26. The summed E-state index contributed by atoms with van der Waals surface area (Å²) in [6.07, 6.45) is 3.81. The molecule has 6 nitrogen and oxygen atoms in total. The number of aromatic nitrogens is 2. The number of aliphatic imine (C=N–C) groups is 1. The quantitative estimate of drug-likeness (QED) is 0.293. The monoisotopic (exact) mass is 493 g/mol. The van der Waals surface area contributed by atoms with Crippen LogP contribution in [0.2, 0.25) is 0 Å². The van der Waals surface area contributed by atoms with Crippen LogP contribution >= 0.6 is 24.0 Å². The molecule has 150 valence electrons. The first kappa shape index (κ1) is 22.0. The number of halogens is 1. The number of benzene rings is 1. The van der Waals surface area contributed by atoms with E-state index in [1.54, 1.807) is 0 Å². The molecule has 2 heterocycles. The number of nitrogens with one attached hydrogen (secondary N) is 2. The molecule has 0 radical (unpaired) electrons. The normalized spacial score (nSPS) is 12.3. The van der Waals surface area contributed by atoms with Crippen LogP contribution in [0, 0.1) is 6.92 Å². The van der Waals surface area contributed by atoms with Gasteiger partial charge in [0.1, 0.15) is 23.9 Å². The van der Waals surface area contributed by atoms with Gasteiger partial charge in [-0.15, -0.1) is 24.0 Å². The van der Waals surface area contributed by atoms with Gasteiger partial charge in [-0.3, -0.25) is 0 Å². The van der Waals surface area contributed by atoms with Gasteiger partial charge < -0.3 is 19.6 Å². The maximum absolute atomic E-state index is 5.70. The molecule has 3 rings (SSSR count). The van der Waals surface area contributed by atoms with E-state index in [1.807, 2.05) is 37.5 Å². The minimum Gasteiger partial charge on any atom is -0.464 e. The molecule has 0 amide bonds. The molecule has 28 heavy (non-hydrogen) atoms. The number of hydrogen-bond acceptors (Lipinski definition) is 3. The molecular formula is C21H28IN5O. The summed E-state index contributed by atoms with van der Waals surface area (Å²) in [4.78, 5) is 9.17. The summed E-state index contributed by atoms with van der Waals surface area (Å²) in [5, 5.41) is 6.67. The van der Waals surface area contributed by atoms with Crippen molar-refractivity contribution < 1.29 is 4.42 Å². The van der Waals surface area contributed by atoms with E-state index in [1.165, 1.54) is 5.56 Å². The summed E-state index contributed by atoms with van der Waals surface area (Å²) in [7, 11) is 0. The fourth-order valence-corrected chi connectivity index (χ4v) is 2.85. The van der Waals surface area contributed by atoms with E-state index >= 15 is 0 Å². The van der Waals surface area contributed by atoms with Gasteiger partial charge >= 0.3 is 0 Å². The Morgan fingerprint density at radius 3 is 2.68 bits per heavy atom. The SMILES string of the molecule is CCNC(=NCc1nccn1Cc1ccccc1)NC(C)c1ccc(C)o1.I. The fourth-order valence-electron chi connectivity index (χ4n) is 2.85. The van der Waals surface area contributed by atoms with Crippen molar-refractivity contribution in [3.05, 3.63) is 77.8 Å². The van der Waals surface area contributed by atoms with E-state index in [4.69, 9.17) is 9.41 Å². The van der Waals surface area contributed by atoms with Crippen LogP contribution in [0.1, 0.15) is 42.8 Å². The molecule has 2 N–H and O–H groups in total. The Balaban J connectivity index is 0.00000280.